The monoisotopic (exact) mass is 314 g/mol. The highest BCUT2D eigenvalue weighted by atomic mass is 16.4. The van der Waals surface area contributed by atoms with Crippen molar-refractivity contribution in [2.45, 2.75) is 37.6 Å². The van der Waals surface area contributed by atoms with Crippen LogP contribution >= 0.6 is 0 Å². The van der Waals surface area contributed by atoms with Gasteiger partial charge in [-0.25, -0.2) is 4.98 Å². The van der Waals surface area contributed by atoms with Crippen LogP contribution in [0.2, 0.25) is 0 Å². The number of amides is 1. The maximum Gasteiger partial charge on any atom is 0.305 e. The Labute approximate surface area is 133 Å². The summed E-state index contributed by atoms with van der Waals surface area (Å²) in [4.78, 5) is 27.7. The van der Waals surface area contributed by atoms with Gasteiger partial charge in [-0.1, -0.05) is 31.0 Å². The molecule has 0 atom stereocenters. The van der Waals surface area contributed by atoms with Crippen LogP contribution in [0.25, 0.3) is 11.5 Å². The normalized spacial score (nSPS) is 16.2. The zero-order valence-corrected chi connectivity index (χ0v) is 12.6. The lowest BCUT2D eigenvalue weighted by atomic mass is 9.93. The number of aromatic nitrogens is 1. The molecule has 0 saturated heterocycles. The van der Waals surface area contributed by atoms with Gasteiger partial charge in [-0.05, 0) is 25.0 Å². The number of carbonyl (C=O) groups is 2. The van der Waals surface area contributed by atoms with Crippen LogP contribution in [0.4, 0.5) is 0 Å². The molecule has 3 rings (SSSR count). The minimum atomic E-state index is -0.905. The molecule has 6 nitrogen and oxygen atoms in total. The van der Waals surface area contributed by atoms with Crippen LogP contribution in [0.3, 0.4) is 0 Å². The lowest BCUT2D eigenvalue weighted by Crippen LogP contribution is -2.47. The van der Waals surface area contributed by atoms with Gasteiger partial charge in [-0.15, -0.1) is 0 Å². The summed E-state index contributed by atoms with van der Waals surface area (Å²) in [6.07, 6.45) is 4.43. The maximum absolute atomic E-state index is 12.4. The lowest BCUT2D eigenvalue weighted by molar-refractivity contribution is -0.138. The van der Waals surface area contributed by atoms with Crippen LogP contribution in [-0.2, 0) is 4.79 Å². The number of carboxylic acid groups (broad SMARTS) is 1. The summed E-state index contributed by atoms with van der Waals surface area (Å²) < 4.78 is 5.36. The molecule has 1 aliphatic rings. The van der Waals surface area contributed by atoms with Gasteiger partial charge >= 0.3 is 5.97 Å². The molecule has 0 bridgehead atoms. The molecule has 1 aromatic heterocycles. The fourth-order valence-corrected chi connectivity index (χ4v) is 3.08. The molecule has 120 valence electrons. The first-order chi connectivity index (χ1) is 11.1. The molecule has 0 radical (unpaired) electrons. The molecular formula is C17H18N2O4. The molecule has 0 unspecified atom stereocenters. The Morgan fingerprint density at radius 2 is 1.91 bits per heavy atom. The number of benzene rings is 1. The number of carbonyl (C=O) groups excluding carboxylic acids is 1. The number of oxazole rings is 1. The fraction of sp³-hybridized carbons (Fsp3) is 0.353. The number of hydrogen-bond acceptors (Lipinski definition) is 4. The molecule has 1 aromatic carbocycles. The summed E-state index contributed by atoms with van der Waals surface area (Å²) in [6, 6.07) is 9.29. The first-order valence-electron chi connectivity index (χ1n) is 7.63. The van der Waals surface area contributed by atoms with Gasteiger partial charge in [0.1, 0.15) is 6.26 Å². The van der Waals surface area contributed by atoms with Crippen molar-refractivity contribution >= 4 is 11.9 Å². The Hall–Kier alpha value is -2.63. The number of nitrogens with zero attached hydrogens (tertiary/aromatic N) is 1. The van der Waals surface area contributed by atoms with E-state index in [0.29, 0.717) is 18.7 Å². The number of nitrogens with one attached hydrogen (secondary N) is 1. The van der Waals surface area contributed by atoms with Crippen molar-refractivity contribution in [3.05, 3.63) is 42.3 Å². The van der Waals surface area contributed by atoms with Gasteiger partial charge in [0.25, 0.3) is 5.91 Å². The molecule has 1 saturated carbocycles. The Morgan fingerprint density at radius 1 is 1.22 bits per heavy atom. The molecule has 23 heavy (non-hydrogen) atoms. The molecule has 1 aliphatic carbocycles. The molecule has 6 heteroatoms. The third-order valence-corrected chi connectivity index (χ3v) is 4.19. The van der Waals surface area contributed by atoms with Crippen molar-refractivity contribution in [3.63, 3.8) is 0 Å². The Morgan fingerprint density at radius 3 is 2.57 bits per heavy atom. The van der Waals surface area contributed by atoms with Crippen molar-refractivity contribution in [1.29, 1.82) is 0 Å². The van der Waals surface area contributed by atoms with Gasteiger partial charge in [0.05, 0.1) is 12.0 Å². The second-order valence-corrected chi connectivity index (χ2v) is 5.92. The highest BCUT2D eigenvalue weighted by Gasteiger charge is 2.38. The molecule has 1 heterocycles. The van der Waals surface area contributed by atoms with Crippen LogP contribution in [0.1, 0.15) is 42.6 Å². The predicted octanol–water partition coefficient (Wildman–Crippen LogP) is 2.86. The average molecular weight is 314 g/mol. The average Bonchev–Trinajstić information content (AvgIpc) is 3.17. The van der Waals surface area contributed by atoms with Gasteiger partial charge in [0.15, 0.2) is 5.69 Å². The minimum Gasteiger partial charge on any atom is -0.481 e. The lowest BCUT2D eigenvalue weighted by Gasteiger charge is -2.28. The Kier molecular flexibility index (Phi) is 4.14. The van der Waals surface area contributed by atoms with E-state index in [1.165, 1.54) is 6.26 Å². The van der Waals surface area contributed by atoms with Crippen LogP contribution in [0, 0.1) is 0 Å². The van der Waals surface area contributed by atoms with E-state index in [4.69, 9.17) is 9.52 Å². The Bertz CT molecular complexity index is 702. The molecule has 0 spiro atoms. The Balaban J connectivity index is 1.76. The fourth-order valence-electron chi connectivity index (χ4n) is 3.08. The first kappa shape index (κ1) is 15.3. The smallest absolute Gasteiger partial charge is 0.305 e. The van der Waals surface area contributed by atoms with E-state index in [1.807, 2.05) is 30.3 Å². The van der Waals surface area contributed by atoms with Crippen LogP contribution in [0.15, 0.2) is 41.0 Å². The van der Waals surface area contributed by atoms with E-state index in [1.54, 1.807) is 0 Å². The molecule has 2 N–H and O–H groups in total. The van der Waals surface area contributed by atoms with Gasteiger partial charge in [-0.3, -0.25) is 9.59 Å². The van der Waals surface area contributed by atoms with Gasteiger partial charge in [0, 0.05) is 5.56 Å². The van der Waals surface area contributed by atoms with Crippen LogP contribution in [-0.4, -0.2) is 27.5 Å². The quantitative estimate of drug-likeness (QED) is 0.885. The molecule has 1 amide bonds. The summed E-state index contributed by atoms with van der Waals surface area (Å²) in [7, 11) is 0. The van der Waals surface area contributed by atoms with Crippen molar-refractivity contribution in [2.75, 3.05) is 0 Å². The maximum atomic E-state index is 12.4. The van der Waals surface area contributed by atoms with Crippen molar-refractivity contribution in [2.24, 2.45) is 0 Å². The SMILES string of the molecule is O=C(O)CC1(NC(=O)c2coc(-c3ccccc3)n2)CCCC1. The number of aliphatic carboxylic acids is 1. The second-order valence-electron chi connectivity index (χ2n) is 5.92. The van der Waals surface area contributed by atoms with E-state index in [-0.39, 0.29) is 18.0 Å². The molecule has 0 aliphatic heterocycles. The van der Waals surface area contributed by atoms with E-state index in [2.05, 4.69) is 10.3 Å². The summed E-state index contributed by atoms with van der Waals surface area (Å²) in [6.45, 7) is 0. The predicted molar refractivity (Wildman–Crippen MR) is 82.9 cm³/mol. The summed E-state index contributed by atoms with van der Waals surface area (Å²) in [5, 5.41) is 12.0. The standard InChI is InChI=1S/C17H18N2O4/c20-14(21)10-17(8-4-5-9-17)19-15(22)13-11-23-16(18-13)12-6-2-1-3-7-12/h1-3,6-7,11H,4-5,8-10H2,(H,19,22)(H,20,21). The van der Waals surface area contributed by atoms with Crippen LogP contribution in [0.5, 0.6) is 0 Å². The van der Waals surface area contributed by atoms with Crippen LogP contribution < -0.4 is 5.32 Å². The number of carboxylic acids is 1. The molecular weight excluding hydrogens is 296 g/mol. The van der Waals surface area contributed by atoms with E-state index in [9.17, 15) is 9.59 Å². The topological polar surface area (TPSA) is 92.4 Å². The third-order valence-electron chi connectivity index (χ3n) is 4.19. The van der Waals surface area contributed by atoms with E-state index in [0.717, 1.165) is 18.4 Å². The van der Waals surface area contributed by atoms with Crippen molar-refractivity contribution in [1.82, 2.24) is 10.3 Å². The molecule has 2 aromatic rings. The highest BCUT2D eigenvalue weighted by Crippen LogP contribution is 2.33. The summed E-state index contributed by atoms with van der Waals surface area (Å²) in [5.74, 6) is -0.925. The third kappa shape index (κ3) is 3.41. The highest BCUT2D eigenvalue weighted by molar-refractivity contribution is 5.93. The van der Waals surface area contributed by atoms with Gasteiger partial charge in [-0.2, -0.15) is 0 Å². The van der Waals surface area contributed by atoms with Crippen molar-refractivity contribution in [3.8, 4) is 11.5 Å². The molecule has 1 fully saturated rings. The largest absolute Gasteiger partial charge is 0.481 e. The van der Waals surface area contributed by atoms with Gasteiger partial charge in [0.2, 0.25) is 5.89 Å². The second kappa shape index (κ2) is 6.24. The first-order valence-corrected chi connectivity index (χ1v) is 7.63. The van der Waals surface area contributed by atoms with E-state index >= 15 is 0 Å². The van der Waals surface area contributed by atoms with E-state index < -0.39 is 11.5 Å². The number of rotatable bonds is 5. The summed E-state index contributed by atoms with van der Waals surface area (Å²) >= 11 is 0. The summed E-state index contributed by atoms with van der Waals surface area (Å²) in [5.41, 5.74) is 0.280. The zero-order valence-electron chi connectivity index (χ0n) is 12.6. The van der Waals surface area contributed by atoms with Crippen molar-refractivity contribution < 1.29 is 19.1 Å². The minimum absolute atomic E-state index is 0.0673. The zero-order chi connectivity index (χ0) is 16.3. The number of hydrogen-bond donors (Lipinski definition) is 2. The van der Waals surface area contributed by atoms with Gasteiger partial charge < -0.3 is 14.8 Å².